The van der Waals surface area contributed by atoms with E-state index < -0.39 is 0 Å². The summed E-state index contributed by atoms with van der Waals surface area (Å²) >= 11 is 0. The molecule has 0 spiro atoms. The van der Waals surface area contributed by atoms with E-state index in [0.29, 0.717) is 5.96 Å². The summed E-state index contributed by atoms with van der Waals surface area (Å²) < 4.78 is 1.88. The van der Waals surface area contributed by atoms with Crippen molar-refractivity contribution in [3.8, 4) is 5.69 Å². The highest BCUT2D eigenvalue weighted by Crippen LogP contribution is 2.07. The molecule has 0 saturated heterocycles. The normalized spacial score (nSPS) is 11.0. The highest BCUT2D eigenvalue weighted by Gasteiger charge is 2.00. The van der Waals surface area contributed by atoms with Crippen LogP contribution in [0, 0.1) is 0 Å². The monoisotopic (exact) mass is 399 g/mol. The second kappa shape index (κ2) is 9.38. The summed E-state index contributed by atoms with van der Waals surface area (Å²) in [6.45, 7) is 3.61. The highest BCUT2D eigenvalue weighted by molar-refractivity contribution is 14.0. The SMILES string of the molecule is CCCN=C(N)NCCc1cnn(-c2ccccc2)c1.I. The molecular weight excluding hydrogens is 377 g/mol. The zero-order valence-electron chi connectivity index (χ0n) is 12.2. The third kappa shape index (κ3) is 5.74. The van der Waals surface area contributed by atoms with Crippen LogP contribution >= 0.6 is 24.0 Å². The first-order chi connectivity index (χ1) is 9.79. The molecule has 0 amide bonds. The summed E-state index contributed by atoms with van der Waals surface area (Å²) in [6, 6.07) is 10.1. The maximum absolute atomic E-state index is 5.74. The quantitative estimate of drug-likeness (QED) is 0.445. The van der Waals surface area contributed by atoms with E-state index in [4.69, 9.17) is 5.73 Å². The molecule has 3 N–H and O–H groups in total. The number of rotatable bonds is 6. The Kier molecular flexibility index (Phi) is 7.81. The van der Waals surface area contributed by atoms with Crippen molar-refractivity contribution in [2.24, 2.45) is 10.7 Å². The van der Waals surface area contributed by atoms with Crippen molar-refractivity contribution in [2.75, 3.05) is 13.1 Å². The van der Waals surface area contributed by atoms with Crippen molar-refractivity contribution in [2.45, 2.75) is 19.8 Å². The van der Waals surface area contributed by atoms with Gasteiger partial charge in [0.05, 0.1) is 11.9 Å². The predicted octanol–water partition coefficient (Wildman–Crippen LogP) is 2.35. The van der Waals surface area contributed by atoms with Crippen molar-refractivity contribution in [3.63, 3.8) is 0 Å². The van der Waals surface area contributed by atoms with Gasteiger partial charge in [0.15, 0.2) is 5.96 Å². The number of nitrogens with two attached hydrogens (primary N) is 1. The van der Waals surface area contributed by atoms with Crippen LogP contribution in [0.4, 0.5) is 0 Å². The first-order valence-corrected chi connectivity index (χ1v) is 6.92. The Balaban J connectivity index is 0.00000220. The van der Waals surface area contributed by atoms with E-state index in [2.05, 4.69) is 22.3 Å². The van der Waals surface area contributed by atoms with Crippen LogP contribution in [-0.4, -0.2) is 28.8 Å². The number of guanidine groups is 1. The third-order valence-corrected chi connectivity index (χ3v) is 2.88. The number of nitrogens with zero attached hydrogens (tertiary/aromatic N) is 3. The summed E-state index contributed by atoms with van der Waals surface area (Å²) in [5, 5.41) is 7.47. The van der Waals surface area contributed by atoms with Crippen molar-refractivity contribution < 1.29 is 0 Å². The molecule has 0 aliphatic rings. The highest BCUT2D eigenvalue weighted by atomic mass is 127. The van der Waals surface area contributed by atoms with Crippen molar-refractivity contribution in [3.05, 3.63) is 48.3 Å². The van der Waals surface area contributed by atoms with Crippen LogP contribution in [-0.2, 0) is 6.42 Å². The van der Waals surface area contributed by atoms with E-state index in [-0.39, 0.29) is 24.0 Å². The Hall–Kier alpha value is -1.57. The molecule has 1 aromatic carbocycles. The largest absolute Gasteiger partial charge is 0.370 e. The third-order valence-electron chi connectivity index (χ3n) is 2.88. The minimum Gasteiger partial charge on any atom is -0.370 e. The zero-order valence-corrected chi connectivity index (χ0v) is 14.5. The van der Waals surface area contributed by atoms with E-state index in [9.17, 15) is 0 Å². The second-order valence-electron chi connectivity index (χ2n) is 4.57. The fourth-order valence-corrected chi connectivity index (χ4v) is 1.83. The van der Waals surface area contributed by atoms with Gasteiger partial charge in [-0.3, -0.25) is 4.99 Å². The minimum absolute atomic E-state index is 0. The number of para-hydroxylation sites is 1. The van der Waals surface area contributed by atoms with Crippen LogP contribution in [0.3, 0.4) is 0 Å². The van der Waals surface area contributed by atoms with Crippen LogP contribution in [0.2, 0.25) is 0 Å². The molecule has 0 aliphatic heterocycles. The van der Waals surface area contributed by atoms with E-state index >= 15 is 0 Å². The maximum Gasteiger partial charge on any atom is 0.188 e. The fraction of sp³-hybridized carbons (Fsp3) is 0.333. The van der Waals surface area contributed by atoms with Gasteiger partial charge < -0.3 is 11.1 Å². The van der Waals surface area contributed by atoms with Gasteiger partial charge in [-0.15, -0.1) is 24.0 Å². The van der Waals surface area contributed by atoms with Gasteiger partial charge in [-0.2, -0.15) is 5.10 Å². The number of hydrogen-bond acceptors (Lipinski definition) is 2. The molecule has 0 atom stereocenters. The molecule has 0 unspecified atom stereocenters. The van der Waals surface area contributed by atoms with E-state index in [1.54, 1.807) is 0 Å². The van der Waals surface area contributed by atoms with E-state index in [1.807, 2.05) is 47.4 Å². The molecule has 0 radical (unpaired) electrons. The number of hydrogen-bond donors (Lipinski definition) is 2. The first-order valence-electron chi connectivity index (χ1n) is 6.92. The zero-order chi connectivity index (χ0) is 14.2. The molecule has 0 bridgehead atoms. The Morgan fingerprint density at radius 2 is 2.10 bits per heavy atom. The molecule has 2 rings (SSSR count). The molecule has 1 aromatic heterocycles. The van der Waals surface area contributed by atoms with Crippen molar-refractivity contribution in [1.29, 1.82) is 0 Å². The molecule has 5 nitrogen and oxygen atoms in total. The number of halogens is 1. The van der Waals surface area contributed by atoms with Crippen LogP contribution < -0.4 is 11.1 Å². The maximum atomic E-state index is 5.74. The minimum atomic E-state index is 0. The number of nitrogens with one attached hydrogen (secondary N) is 1. The fourth-order valence-electron chi connectivity index (χ4n) is 1.83. The lowest BCUT2D eigenvalue weighted by Gasteiger charge is -2.03. The predicted molar refractivity (Wildman–Crippen MR) is 97.5 cm³/mol. The molecule has 0 fully saturated rings. The van der Waals surface area contributed by atoms with Gasteiger partial charge in [0, 0.05) is 19.3 Å². The van der Waals surface area contributed by atoms with Crippen LogP contribution in [0.25, 0.3) is 5.69 Å². The summed E-state index contributed by atoms with van der Waals surface area (Å²) in [7, 11) is 0. The van der Waals surface area contributed by atoms with Crippen molar-refractivity contribution >= 4 is 29.9 Å². The van der Waals surface area contributed by atoms with Gasteiger partial charge >= 0.3 is 0 Å². The lowest BCUT2D eigenvalue weighted by molar-refractivity contribution is 0.838. The Bertz CT molecular complexity index is 550. The van der Waals surface area contributed by atoms with Crippen LogP contribution in [0.1, 0.15) is 18.9 Å². The van der Waals surface area contributed by atoms with E-state index in [0.717, 1.165) is 31.6 Å². The van der Waals surface area contributed by atoms with Crippen LogP contribution in [0.15, 0.2) is 47.7 Å². The molecule has 2 aromatic rings. The van der Waals surface area contributed by atoms with Gasteiger partial charge in [-0.25, -0.2) is 4.68 Å². The molecule has 114 valence electrons. The average molecular weight is 399 g/mol. The summed E-state index contributed by atoms with van der Waals surface area (Å²) in [5.41, 5.74) is 7.97. The Morgan fingerprint density at radius 1 is 1.33 bits per heavy atom. The lowest BCUT2D eigenvalue weighted by atomic mass is 10.2. The van der Waals surface area contributed by atoms with Gasteiger partial charge in [-0.1, -0.05) is 25.1 Å². The molecule has 21 heavy (non-hydrogen) atoms. The van der Waals surface area contributed by atoms with Gasteiger partial charge in [0.1, 0.15) is 0 Å². The molecule has 0 saturated carbocycles. The van der Waals surface area contributed by atoms with E-state index in [1.165, 1.54) is 5.56 Å². The number of aromatic nitrogens is 2. The lowest BCUT2D eigenvalue weighted by Crippen LogP contribution is -2.33. The number of benzene rings is 1. The second-order valence-corrected chi connectivity index (χ2v) is 4.57. The molecule has 1 heterocycles. The molecular formula is C15H22IN5. The topological polar surface area (TPSA) is 68.2 Å². The summed E-state index contributed by atoms with van der Waals surface area (Å²) in [6.07, 6.45) is 5.80. The summed E-state index contributed by atoms with van der Waals surface area (Å²) in [5.74, 6) is 0.516. The number of aliphatic imine (C=N–C) groups is 1. The average Bonchev–Trinajstić information content (AvgIpc) is 2.95. The smallest absolute Gasteiger partial charge is 0.188 e. The van der Waals surface area contributed by atoms with Crippen molar-refractivity contribution in [1.82, 2.24) is 15.1 Å². The summed E-state index contributed by atoms with van der Waals surface area (Å²) in [4.78, 5) is 4.19. The standard InChI is InChI=1S/C15H21N5.HI/c1-2-9-17-15(16)18-10-8-13-11-19-20(12-13)14-6-4-3-5-7-14;/h3-7,11-12H,2,8-10H2,1H3,(H3,16,17,18);1H. The van der Waals surface area contributed by atoms with Crippen LogP contribution in [0.5, 0.6) is 0 Å². The molecule has 6 heteroatoms. The van der Waals surface area contributed by atoms with Gasteiger partial charge in [-0.05, 0) is 30.5 Å². The Morgan fingerprint density at radius 3 is 2.81 bits per heavy atom. The van der Waals surface area contributed by atoms with Gasteiger partial charge in [0.25, 0.3) is 0 Å². The molecule has 0 aliphatic carbocycles. The first kappa shape index (κ1) is 17.5. The van der Waals surface area contributed by atoms with Gasteiger partial charge in [0.2, 0.25) is 0 Å². The Labute approximate surface area is 142 Å².